The Morgan fingerprint density at radius 1 is 1.33 bits per heavy atom. The largest absolute Gasteiger partial charge is 0.382 e. The average molecular weight is 266 g/mol. The molecule has 0 saturated carbocycles. The van der Waals surface area contributed by atoms with Gasteiger partial charge in [-0.25, -0.2) is 9.37 Å². The number of thiazole rings is 1. The summed E-state index contributed by atoms with van der Waals surface area (Å²) in [6.07, 6.45) is 1.63. The second kappa shape index (κ2) is 4.74. The molecule has 0 aromatic carbocycles. The third-order valence-electron chi connectivity index (χ3n) is 2.49. The van der Waals surface area contributed by atoms with E-state index < -0.39 is 11.9 Å². The average Bonchev–Trinajstić information content (AvgIpc) is 2.77. The van der Waals surface area contributed by atoms with Gasteiger partial charge in [-0.2, -0.15) is 0 Å². The minimum absolute atomic E-state index is 0.0528. The molecule has 1 N–H and O–H groups in total. The minimum Gasteiger partial charge on any atom is -0.382 e. The Labute approximate surface area is 109 Å². The summed E-state index contributed by atoms with van der Waals surface area (Å²) in [6, 6.07) is 1.27. The Morgan fingerprint density at radius 2 is 2.06 bits per heavy atom. The van der Waals surface area contributed by atoms with Crippen LogP contribution in [0, 0.1) is 5.82 Å². The monoisotopic (exact) mass is 266 g/mol. The number of nitrogens with zero attached hydrogens (tertiary/aromatic N) is 2. The Morgan fingerprint density at radius 3 is 2.61 bits per heavy atom. The van der Waals surface area contributed by atoms with E-state index in [4.69, 9.17) is 0 Å². The van der Waals surface area contributed by atoms with Crippen molar-refractivity contribution in [1.29, 1.82) is 0 Å². The summed E-state index contributed by atoms with van der Waals surface area (Å²) in [5, 5.41) is 12.9. The number of aromatic nitrogens is 2. The zero-order valence-corrected chi connectivity index (χ0v) is 11.3. The number of hydrogen-bond acceptors (Lipinski definition) is 4. The zero-order valence-electron chi connectivity index (χ0n) is 10.5. The molecule has 1 unspecified atom stereocenters. The lowest BCUT2D eigenvalue weighted by Crippen LogP contribution is -2.11. The van der Waals surface area contributed by atoms with Gasteiger partial charge in [-0.15, -0.1) is 11.3 Å². The van der Waals surface area contributed by atoms with Crippen LogP contribution >= 0.6 is 11.3 Å². The quantitative estimate of drug-likeness (QED) is 0.908. The molecule has 0 aliphatic rings. The van der Waals surface area contributed by atoms with Crippen LogP contribution in [0.15, 0.2) is 23.8 Å². The van der Waals surface area contributed by atoms with Gasteiger partial charge in [0.1, 0.15) is 11.9 Å². The summed E-state index contributed by atoms with van der Waals surface area (Å²) in [6.45, 7) is 6.18. The van der Waals surface area contributed by atoms with Crippen molar-refractivity contribution in [3.63, 3.8) is 0 Å². The van der Waals surface area contributed by atoms with Crippen molar-refractivity contribution in [2.75, 3.05) is 0 Å². The van der Waals surface area contributed by atoms with Crippen LogP contribution in [0.5, 0.6) is 0 Å². The maximum absolute atomic E-state index is 13.0. The third kappa shape index (κ3) is 2.73. The fourth-order valence-corrected chi connectivity index (χ4v) is 2.43. The van der Waals surface area contributed by atoms with Gasteiger partial charge in [-0.05, 0) is 6.07 Å². The van der Waals surface area contributed by atoms with E-state index in [0.29, 0.717) is 11.3 Å². The first-order valence-electron chi connectivity index (χ1n) is 5.62. The first-order chi connectivity index (χ1) is 8.38. The molecule has 1 atom stereocenters. The van der Waals surface area contributed by atoms with Gasteiger partial charge in [-0.3, -0.25) is 4.98 Å². The van der Waals surface area contributed by atoms with Crippen molar-refractivity contribution in [1.82, 2.24) is 9.97 Å². The maximum atomic E-state index is 13.0. The first kappa shape index (κ1) is 13.1. The highest BCUT2D eigenvalue weighted by Gasteiger charge is 2.21. The molecule has 0 bridgehead atoms. The highest BCUT2D eigenvalue weighted by molar-refractivity contribution is 7.09. The topological polar surface area (TPSA) is 46.0 Å². The Bertz CT molecular complexity index is 548. The van der Waals surface area contributed by atoms with Gasteiger partial charge >= 0.3 is 0 Å². The van der Waals surface area contributed by atoms with E-state index in [9.17, 15) is 9.50 Å². The van der Waals surface area contributed by atoms with Gasteiger partial charge in [0, 0.05) is 22.6 Å². The van der Waals surface area contributed by atoms with Crippen molar-refractivity contribution >= 4 is 11.3 Å². The molecule has 0 saturated heterocycles. The van der Waals surface area contributed by atoms with Crippen molar-refractivity contribution in [2.45, 2.75) is 32.3 Å². The van der Waals surface area contributed by atoms with Crippen LogP contribution in [0.25, 0.3) is 0 Å². The summed E-state index contributed by atoms with van der Waals surface area (Å²) in [5.74, 6) is -0.460. The lowest BCUT2D eigenvalue weighted by atomic mass is 9.98. The number of hydrogen-bond donors (Lipinski definition) is 1. The molecule has 0 radical (unpaired) electrons. The normalized spacial score (nSPS) is 13.6. The van der Waals surface area contributed by atoms with Crippen molar-refractivity contribution in [3.05, 3.63) is 45.9 Å². The predicted molar refractivity (Wildman–Crippen MR) is 69.1 cm³/mol. The van der Waals surface area contributed by atoms with Gasteiger partial charge in [0.25, 0.3) is 0 Å². The van der Waals surface area contributed by atoms with Crippen LogP contribution in [0.1, 0.15) is 43.1 Å². The van der Waals surface area contributed by atoms with Crippen molar-refractivity contribution in [3.8, 4) is 0 Å². The van der Waals surface area contributed by atoms with Gasteiger partial charge < -0.3 is 5.11 Å². The molecule has 0 amide bonds. The Kier molecular flexibility index (Phi) is 3.45. The standard InChI is InChI=1S/C13H15FN2OS/c1-13(2,3)12-16-10(7-18-12)11(17)8-4-9(14)6-15-5-8/h4-7,11,17H,1-3H3. The van der Waals surface area contributed by atoms with E-state index in [0.717, 1.165) is 11.2 Å². The minimum atomic E-state index is -0.930. The molecular weight excluding hydrogens is 251 g/mol. The lowest BCUT2D eigenvalue weighted by Gasteiger charge is -2.14. The number of aliphatic hydroxyl groups is 1. The van der Waals surface area contributed by atoms with Crippen LogP contribution in [0.4, 0.5) is 4.39 Å². The lowest BCUT2D eigenvalue weighted by molar-refractivity contribution is 0.214. The molecule has 18 heavy (non-hydrogen) atoms. The van der Waals surface area contributed by atoms with Gasteiger partial charge in [0.2, 0.25) is 0 Å². The highest BCUT2D eigenvalue weighted by atomic mass is 32.1. The molecule has 0 fully saturated rings. The second-order valence-electron chi connectivity index (χ2n) is 5.17. The molecule has 2 aromatic rings. The van der Waals surface area contributed by atoms with Crippen LogP contribution in [-0.2, 0) is 5.41 Å². The first-order valence-corrected chi connectivity index (χ1v) is 6.50. The highest BCUT2D eigenvalue weighted by Crippen LogP contribution is 2.29. The zero-order chi connectivity index (χ0) is 13.3. The van der Waals surface area contributed by atoms with Crippen molar-refractivity contribution < 1.29 is 9.50 Å². The predicted octanol–water partition coefficient (Wildman–Crippen LogP) is 3.06. The maximum Gasteiger partial charge on any atom is 0.141 e. The van der Waals surface area contributed by atoms with E-state index in [2.05, 4.69) is 30.7 Å². The number of halogens is 1. The van der Waals surface area contributed by atoms with Gasteiger partial charge in [0.15, 0.2) is 0 Å². The summed E-state index contributed by atoms with van der Waals surface area (Å²) in [5.41, 5.74) is 0.904. The van der Waals surface area contributed by atoms with Crippen LogP contribution in [-0.4, -0.2) is 15.1 Å². The molecule has 2 rings (SSSR count). The van der Waals surface area contributed by atoms with E-state index in [1.54, 1.807) is 5.38 Å². The van der Waals surface area contributed by atoms with E-state index in [1.165, 1.54) is 23.6 Å². The van der Waals surface area contributed by atoms with Crippen LogP contribution in [0.2, 0.25) is 0 Å². The summed E-state index contributed by atoms with van der Waals surface area (Å²) in [4.78, 5) is 8.13. The van der Waals surface area contributed by atoms with E-state index >= 15 is 0 Å². The third-order valence-corrected chi connectivity index (χ3v) is 3.77. The number of pyridine rings is 1. The molecule has 96 valence electrons. The molecule has 3 nitrogen and oxygen atoms in total. The molecule has 0 aliphatic carbocycles. The van der Waals surface area contributed by atoms with Crippen LogP contribution in [0.3, 0.4) is 0 Å². The fourth-order valence-electron chi connectivity index (χ4n) is 1.50. The SMILES string of the molecule is CC(C)(C)c1nc(C(O)c2cncc(F)c2)cs1. The fraction of sp³-hybridized carbons (Fsp3) is 0.385. The summed E-state index contributed by atoms with van der Waals surface area (Å²) in [7, 11) is 0. The van der Waals surface area contributed by atoms with E-state index in [1.807, 2.05) is 0 Å². The molecule has 0 aliphatic heterocycles. The second-order valence-corrected chi connectivity index (χ2v) is 6.02. The van der Waals surface area contributed by atoms with Gasteiger partial charge in [-0.1, -0.05) is 20.8 Å². The molecular formula is C13H15FN2OS. The Hall–Kier alpha value is -1.33. The molecule has 0 spiro atoms. The smallest absolute Gasteiger partial charge is 0.141 e. The number of rotatable bonds is 2. The van der Waals surface area contributed by atoms with E-state index in [-0.39, 0.29) is 5.41 Å². The van der Waals surface area contributed by atoms with Gasteiger partial charge in [0.05, 0.1) is 16.9 Å². The van der Waals surface area contributed by atoms with Crippen LogP contribution < -0.4 is 0 Å². The molecule has 2 heterocycles. The summed E-state index contributed by atoms with van der Waals surface area (Å²) >= 11 is 1.50. The Balaban J connectivity index is 2.29. The molecule has 2 aromatic heterocycles. The number of aliphatic hydroxyl groups excluding tert-OH is 1. The molecule has 5 heteroatoms. The van der Waals surface area contributed by atoms with Crippen molar-refractivity contribution in [2.24, 2.45) is 0 Å². The summed E-state index contributed by atoms with van der Waals surface area (Å²) < 4.78 is 13.0.